The molecule has 2 aromatic carbocycles. The van der Waals surface area contributed by atoms with Gasteiger partial charge in [0.2, 0.25) is 5.91 Å². The van der Waals surface area contributed by atoms with Crippen molar-refractivity contribution in [3.8, 4) is 0 Å². The number of carbonyl (C=O) groups excluding carboxylic acids is 2. The van der Waals surface area contributed by atoms with Crippen LogP contribution in [-0.2, 0) is 10.2 Å². The maximum absolute atomic E-state index is 13.1. The molecular formula is C20H23FN2O2. The van der Waals surface area contributed by atoms with Gasteiger partial charge in [-0.2, -0.15) is 0 Å². The lowest BCUT2D eigenvalue weighted by Crippen LogP contribution is -2.35. The standard InChI is InChI=1S/C20H23FN2O2/c1-20(2,3)15-10-8-14(9-11-15)19(25)23(4)13-18(24)22-17-7-5-6-16(21)12-17/h5-12H,13H2,1-4H3,(H,22,24). The minimum atomic E-state index is -0.429. The molecule has 0 fully saturated rings. The summed E-state index contributed by atoms with van der Waals surface area (Å²) in [4.78, 5) is 25.8. The first-order chi connectivity index (χ1) is 11.7. The number of nitrogens with one attached hydrogen (secondary N) is 1. The van der Waals surface area contributed by atoms with E-state index in [1.165, 1.54) is 23.1 Å². The summed E-state index contributed by atoms with van der Waals surface area (Å²) in [6, 6.07) is 13.0. The van der Waals surface area contributed by atoms with Crippen LogP contribution in [0.25, 0.3) is 0 Å². The third-order valence-electron chi connectivity index (χ3n) is 3.83. The quantitative estimate of drug-likeness (QED) is 0.918. The fourth-order valence-electron chi connectivity index (χ4n) is 2.39. The highest BCUT2D eigenvalue weighted by Gasteiger charge is 2.17. The average Bonchev–Trinajstić information content (AvgIpc) is 2.53. The fourth-order valence-corrected chi connectivity index (χ4v) is 2.39. The first-order valence-electron chi connectivity index (χ1n) is 8.08. The molecule has 0 saturated carbocycles. The van der Waals surface area contributed by atoms with Crippen LogP contribution in [0.15, 0.2) is 48.5 Å². The van der Waals surface area contributed by atoms with E-state index < -0.39 is 5.82 Å². The molecule has 0 aliphatic carbocycles. The average molecular weight is 342 g/mol. The smallest absolute Gasteiger partial charge is 0.254 e. The van der Waals surface area contributed by atoms with Crippen molar-refractivity contribution >= 4 is 17.5 Å². The Balaban J connectivity index is 1.98. The third kappa shape index (κ3) is 5.14. The van der Waals surface area contributed by atoms with Crippen molar-refractivity contribution in [3.05, 3.63) is 65.5 Å². The lowest BCUT2D eigenvalue weighted by Gasteiger charge is -2.20. The number of benzene rings is 2. The Labute approximate surface area is 147 Å². The molecule has 0 unspecified atom stereocenters. The zero-order chi connectivity index (χ0) is 18.6. The number of anilines is 1. The molecule has 0 aliphatic heterocycles. The molecule has 25 heavy (non-hydrogen) atoms. The summed E-state index contributed by atoms with van der Waals surface area (Å²) in [6.45, 7) is 6.20. The predicted molar refractivity (Wildman–Crippen MR) is 97.1 cm³/mol. The predicted octanol–water partition coefficient (Wildman–Crippen LogP) is 3.83. The van der Waals surface area contributed by atoms with E-state index in [0.717, 1.165) is 5.56 Å². The summed E-state index contributed by atoms with van der Waals surface area (Å²) in [7, 11) is 1.56. The molecule has 0 atom stereocenters. The van der Waals surface area contributed by atoms with E-state index >= 15 is 0 Å². The number of rotatable bonds is 4. The van der Waals surface area contributed by atoms with Crippen LogP contribution >= 0.6 is 0 Å². The van der Waals surface area contributed by atoms with Gasteiger partial charge in [0.15, 0.2) is 0 Å². The van der Waals surface area contributed by atoms with Crippen LogP contribution < -0.4 is 5.32 Å². The number of hydrogen-bond acceptors (Lipinski definition) is 2. The topological polar surface area (TPSA) is 49.4 Å². The van der Waals surface area contributed by atoms with Crippen LogP contribution in [0.5, 0.6) is 0 Å². The second-order valence-corrected chi connectivity index (χ2v) is 7.05. The van der Waals surface area contributed by atoms with E-state index in [0.29, 0.717) is 11.3 Å². The van der Waals surface area contributed by atoms with Gasteiger partial charge in [-0.3, -0.25) is 9.59 Å². The molecule has 0 heterocycles. The third-order valence-corrected chi connectivity index (χ3v) is 3.83. The number of amides is 2. The van der Waals surface area contributed by atoms with E-state index in [2.05, 4.69) is 26.1 Å². The van der Waals surface area contributed by atoms with Crippen molar-refractivity contribution in [2.45, 2.75) is 26.2 Å². The van der Waals surface area contributed by atoms with Gasteiger partial charge < -0.3 is 10.2 Å². The molecule has 0 bridgehead atoms. The van der Waals surface area contributed by atoms with Gasteiger partial charge in [0, 0.05) is 18.3 Å². The van der Waals surface area contributed by atoms with Gasteiger partial charge in [-0.05, 0) is 41.3 Å². The Bertz CT molecular complexity index is 764. The van der Waals surface area contributed by atoms with Crippen molar-refractivity contribution in [1.29, 1.82) is 0 Å². The van der Waals surface area contributed by atoms with Gasteiger partial charge in [0.05, 0.1) is 6.54 Å². The highest BCUT2D eigenvalue weighted by molar-refractivity contribution is 5.99. The van der Waals surface area contributed by atoms with Crippen LogP contribution in [-0.4, -0.2) is 30.3 Å². The molecule has 0 saturated heterocycles. The molecule has 0 aliphatic rings. The van der Waals surface area contributed by atoms with Crippen molar-refractivity contribution in [1.82, 2.24) is 4.90 Å². The molecule has 0 aromatic heterocycles. The summed E-state index contributed by atoms with van der Waals surface area (Å²) in [5.41, 5.74) is 2.03. The maximum atomic E-state index is 13.1. The Kier molecular flexibility index (Phi) is 5.57. The number of hydrogen-bond donors (Lipinski definition) is 1. The summed E-state index contributed by atoms with van der Waals surface area (Å²) < 4.78 is 13.1. The highest BCUT2D eigenvalue weighted by atomic mass is 19.1. The largest absolute Gasteiger partial charge is 0.332 e. The Morgan fingerprint density at radius 2 is 1.72 bits per heavy atom. The number of halogens is 1. The van der Waals surface area contributed by atoms with Crippen LogP contribution in [0, 0.1) is 5.82 Å². The van der Waals surface area contributed by atoms with Crippen molar-refractivity contribution in [2.24, 2.45) is 0 Å². The number of likely N-dealkylation sites (N-methyl/N-ethyl adjacent to an activating group) is 1. The van der Waals surface area contributed by atoms with Gasteiger partial charge in [-0.15, -0.1) is 0 Å². The van der Waals surface area contributed by atoms with Crippen molar-refractivity contribution < 1.29 is 14.0 Å². The van der Waals surface area contributed by atoms with Crippen LogP contribution in [0.4, 0.5) is 10.1 Å². The van der Waals surface area contributed by atoms with Gasteiger partial charge in [-0.1, -0.05) is 39.0 Å². The monoisotopic (exact) mass is 342 g/mol. The van der Waals surface area contributed by atoms with E-state index in [-0.39, 0.29) is 23.8 Å². The summed E-state index contributed by atoms with van der Waals surface area (Å²) >= 11 is 0. The van der Waals surface area contributed by atoms with Crippen molar-refractivity contribution in [2.75, 3.05) is 18.9 Å². The molecule has 2 aromatic rings. The van der Waals surface area contributed by atoms with Crippen molar-refractivity contribution in [3.63, 3.8) is 0 Å². The fraction of sp³-hybridized carbons (Fsp3) is 0.300. The molecule has 1 N–H and O–H groups in total. The van der Waals surface area contributed by atoms with E-state index in [1.807, 2.05) is 12.1 Å². The minimum absolute atomic E-state index is 0.0122. The Morgan fingerprint density at radius 3 is 2.28 bits per heavy atom. The lowest BCUT2D eigenvalue weighted by molar-refractivity contribution is -0.116. The van der Waals surface area contributed by atoms with Gasteiger partial charge in [0.1, 0.15) is 5.82 Å². The number of nitrogens with zero attached hydrogens (tertiary/aromatic N) is 1. The molecule has 2 rings (SSSR count). The van der Waals surface area contributed by atoms with E-state index in [9.17, 15) is 14.0 Å². The van der Waals surface area contributed by atoms with Gasteiger partial charge in [0.25, 0.3) is 5.91 Å². The first-order valence-corrected chi connectivity index (χ1v) is 8.08. The van der Waals surface area contributed by atoms with Gasteiger partial charge >= 0.3 is 0 Å². The second kappa shape index (κ2) is 7.47. The molecular weight excluding hydrogens is 319 g/mol. The molecule has 2 amide bonds. The Hall–Kier alpha value is -2.69. The lowest BCUT2D eigenvalue weighted by atomic mass is 9.86. The summed E-state index contributed by atoms with van der Waals surface area (Å²) in [6.07, 6.45) is 0. The zero-order valence-corrected chi connectivity index (χ0v) is 15.0. The molecule has 5 heteroatoms. The number of carbonyl (C=O) groups is 2. The summed E-state index contributed by atoms with van der Waals surface area (Å²) in [5, 5.41) is 2.58. The summed E-state index contributed by atoms with van der Waals surface area (Å²) in [5.74, 6) is -1.05. The van der Waals surface area contributed by atoms with E-state index in [1.54, 1.807) is 25.2 Å². The SMILES string of the molecule is CN(CC(=O)Nc1cccc(F)c1)C(=O)c1ccc(C(C)(C)C)cc1. The molecule has 0 radical (unpaired) electrons. The second-order valence-electron chi connectivity index (χ2n) is 7.05. The highest BCUT2D eigenvalue weighted by Crippen LogP contribution is 2.22. The molecule has 0 spiro atoms. The van der Waals surface area contributed by atoms with E-state index in [4.69, 9.17) is 0 Å². The first kappa shape index (κ1) is 18.6. The normalized spacial score (nSPS) is 11.1. The maximum Gasteiger partial charge on any atom is 0.254 e. The van der Waals surface area contributed by atoms with Crippen LogP contribution in [0.1, 0.15) is 36.7 Å². The Morgan fingerprint density at radius 1 is 1.08 bits per heavy atom. The molecule has 132 valence electrons. The van der Waals surface area contributed by atoms with Gasteiger partial charge in [-0.25, -0.2) is 4.39 Å². The molecule has 4 nitrogen and oxygen atoms in total. The van der Waals surface area contributed by atoms with Crippen LogP contribution in [0.3, 0.4) is 0 Å². The zero-order valence-electron chi connectivity index (χ0n) is 15.0. The van der Waals surface area contributed by atoms with Crippen LogP contribution in [0.2, 0.25) is 0 Å². The minimum Gasteiger partial charge on any atom is -0.332 e.